The number of rotatable bonds is 6. The number of para-hydroxylation sites is 1. The summed E-state index contributed by atoms with van der Waals surface area (Å²) in [6.45, 7) is 2.55. The van der Waals surface area contributed by atoms with Crippen LogP contribution in [0.5, 0.6) is 5.75 Å². The van der Waals surface area contributed by atoms with E-state index >= 15 is 0 Å². The lowest BCUT2D eigenvalue weighted by Gasteiger charge is -2.13. The van der Waals surface area contributed by atoms with Gasteiger partial charge in [0.05, 0.1) is 12.6 Å². The first-order chi connectivity index (χ1) is 12.2. The van der Waals surface area contributed by atoms with Crippen LogP contribution in [0.2, 0.25) is 0 Å². The molecule has 0 aromatic heterocycles. The van der Waals surface area contributed by atoms with Crippen LogP contribution < -0.4 is 10.5 Å². The van der Waals surface area contributed by atoms with Gasteiger partial charge in [-0.1, -0.05) is 48.5 Å². The van der Waals surface area contributed by atoms with Crippen molar-refractivity contribution in [3.8, 4) is 16.9 Å². The van der Waals surface area contributed by atoms with Gasteiger partial charge in [-0.15, -0.1) is 0 Å². The largest absolute Gasteiger partial charge is 0.489 e. The third kappa shape index (κ3) is 4.27. The van der Waals surface area contributed by atoms with E-state index in [0.717, 1.165) is 28.0 Å². The first kappa shape index (κ1) is 17.2. The molecule has 0 aliphatic heterocycles. The summed E-state index contributed by atoms with van der Waals surface area (Å²) in [5.74, 6) is 0.862. The van der Waals surface area contributed by atoms with Crippen molar-refractivity contribution in [3.63, 3.8) is 0 Å². The highest BCUT2D eigenvalue weighted by Crippen LogP contribution is 2.27. The van der Waals surface area contributed by atoms with Gasteiger partial charge in [-0.25, -0.2) is 0 Å². The maximum atomic E-state index is 9.29. The van der Waals surface area contributed by atoms with Crippen LogP contribution in [-0.2, 0) is 6.61 Å². The summed E-state index contributed by atoms with van der Waals surface area (Å²) in [5, 5.41) is 9.29. The Morgan fingerprint density at radius 2 is 1.76 bits per heavy atom. The molecule has 0 saturated carbocycles. The molecule has 3 heteroatoms. The molecule has 3 N–H and O–H groups in total. The van der Waals surface area contributed by atoms with Crippen LogP contribution in [0.3, 0.4) is 0 Å². The van der Waals surface area contributed by atoms with E-state index in [-0.39, 0.29) is 12.6 Å². The monoisotopic (exact) mass is 333 g/mol. The van der Waals surface area contributed by atoms with Gasteiger partial charge >= 0.3 is 0 Å². The minimum absolute atomic E-state index is 0.0621. The van der Waals surface area contributed by atoms with Gasteiger partial charge in [0.25, 0.3) is 0 Å². The maximum absolute atomic E-state index is 9.29. The van der Waals surface area contributed by atoms with E-state index in [4.69, 9.17) is 10.5 Å². The summed E-state index contributed by atoms with van der Waals surface area (Å²) in [5.41, 5.74) is 11.4. The maximum Gasteiger partial charge on any atom is 0.119 e. The molecule has 25 heavy (non-hydrogen) atoms. The van der Waals surface area contributed by atoms with Gasteiger partial charge in [0.1, 0.15) is 12.4 Å². The van der Waals surface area contributed by atoms with Gasteiger partial charge in [0, 0.05) is 0 Å². The average molecular weight is 333 g/mol. The van der Waals surface area contributed by atoms with E-state index in [0.29, 0.717) is 6.61 Å². The molecule has 0 heterocycles. The van der Waals surface area contributed by atoms with E-state index in [1.54, 1.807) is 0 Å². The number of hydrogen-bond donors (Lipinski definition) is 2. The fourth-order valence-corrected chi connectivity index (χ4v) is 2.80. The lowest BCUT2D eigenvalue weighted by molar-refractivity contribution is 0.268. The van der Waals surface area contributed by atoms with Crippen LogP contribution in [-0.4, -0.2) is 11.7 Å². The number of aliphatic hydroxyl groups excluding tert-OH is 1. The number of nitrogens with two attached hydrogens (primary N) is 1. The van der Waals surface area contributed by atoms with Crippen LogP contribution in [0.4, 0.5) is 0 Å². The van der Waals surface area contributed by atoms with Gasteiger partial charge < -0.3 is 15.6 Å². The number of hydrogen-bond acceptors (Lipinski definition) is 3. The van der Waals surface area contributed by atoms with Crippen LogP contribution >= 0.6 is 0 Å². The van der Waals surface area contributed by atoms with Crippen molar-refractivity contribution >= 4 is 0 Å². The number of aliphatic hydroxyl groups is 1. The Morgan fingerprint density at radius 1 is 0.960 bits per heavy atom. The predicted molar refractivity (Wildman–Crippen MR) is 101 cm³/mol. The molecule has 3 rings (SSSR count). The SMILES string of the molecule is Cc1ccc(COc2ccccc2)cc1-c1cccc(C(N)CO)c1. The molecular weight excluding hydrogens is 310 g/mol. The minimum atomic E-state index is -0.357. The molecule has 0 radical (unpaired) electrons. The van der Waals surface area contributed by atoms with Gasteiger partial charge in [0.2, 0.25) is 0 Å². The summed E-state index contributed by atoms with van der Waals surface area (Å²) in [6, 6.07) is 23.8. The Kier molecular flexibility index (Phi) is 5.49. The van der Waals surface area contributed by atoms with Crippen molar-refractivity contribution in [2.45, 2.75) is 19.6 Å². The fourth-order valence-electron chi connectivity index (χ4n) is 2.80. The number of aryl methyl sites for hydroxylation is 1. The topological polar surface area (TPSA) is 55.5 Å². The second kappa shape index (κ2) is 7.97. The van der Waals surface area contributed by atoms with Crippen molar-refractivity contribution in [2.75, 3.05) is 6.61 Å². The lowest BCUT2D eigenvalue weighted by atomic mass is 9.95. The average Bonchev–Trinajstić information content (AvgIpc) is 2.67. The van der Waals surface area contributed by atoms with Crippen LogP contribution in [0, 0.1) is 6.92 Å². The van der Waals surface area contributed by atoms with Gasteiger partial charge in [-0.05, 0) is 59.0 Å². The zero-order valence-corrected chi connectivity index (χ0v) is 14.4. The van der Waals surface area contributed by atoms with E-state index in [1.807, 2.05) is 48.5 Å². The van der Waals surface area contributed by atoms with Crippen LogP contribution in [0.1, 0.15) is 22.7 Å². The van der Waals surface area contributed by atoms with Crippen molar-refractivity contribution < 1.29 is 9.84 Å². The zero-order valence-electron chi connectivity index (χ0n) is 14.4. The second-order valence-corrected chi connectivity index (χ2v) is 6.17. The Balaban J connectivity index is 1.84. The summed E-state index contributed by atoms with van der Waals surface area (Å²) >= 11 is 0. The normalized spacial score (nSPS) is 12.0. The summed E-state index contributed by atoms with van der Waals surface area (Å²) in [7, 11) is 0. The Morgan fingerprint density at radius 3 is 2.52 bits per heavy atom. The summed E-state index contributed by atoms with van der Waals surface area (Å²) in [6.07, 6.45) is 0. The van der Waals surface area contributed by atoms with E-state index < -0.39 is 0 Å². The molecule has 0 fully saturated rings. The quantitative estimate of drug-likeness (QED) is 0.709. The third-order valence-electron chi connectivity index (χ3n) is 4.27. The van der Waals surface area contributed by atoms with Crippen LogP contribution in [0.25, 0.3) is 11.1 Å². The molecule has 0 amide bonds. The molecular formula is C22H23NO2. The Labute approximate surface area is 148 Å². The first-order valence-corrected chi connectivity index (χ1v) is 8.41. The molecule has 0 bridgehead atoms. The highest BCUT2D eigenvalue weighted by Gasteiger charge is 2.08. The molecule has 3 aromatic carbocycles. The molecule has 0 aliphatic carbocycles. The smallest absolute Gasteiger partial charge is 0.119 e. The first-order valence-electron chi connectivity index (χ1n) is 8.41. The highest BCUT2D eigenvalue weighted by molar-refractivity contribution is 5.68. The van der Waals surface area contributed by atoms with Crippen molar-refractivity contribution in [1.29, 1.82) is 0 Å². The van der Waals surface area contributed by atoms with E-state index in [2.05, 4.69) is 31.2 Å². The van der Waals surface area contributed by atoms with Gasteiger partial charge in [0.15, 0.2) is 0 Å². The molecule has 0 aliphatic rings. The highest BCUT2D eigenvalue weighted by atomic mass is 16.5. The van der Waals surface area contributed by atoms with Crippen molar-refractivity contribution in [2.24, 2.45) is 5.73 Å². The predicted octanol–water partition coefficient (Wildman–Crippen LogP) is 4.23. The fraction of sp³-hybridized carbons (Fsp3) is 0.182. The van der Waals surface area contributed by atoms with Crippen LogP contribution in [0.15, 0.2) is 72.8 Å². The number of ether oxygens (including phenoxy) is 1. The minimum Gasteiger partial charge on any atom is -0.489 e. The van der Waals surface area contributed by atoms with E-state index in [9.17, 15) is 5.11 Å². The van der Waals surface area contributed by atoms with Gasteiger partial charge in [-0.3, -0.25) is 0 Å². The van der Waals surface area contributed by atoms with E-state index in [1.165, 1.54) is 5.56 Å². The number of benzene rings is 3. The summed E-state index contributed by atoms with van der Waals surface area (Å²) < 4.78 is 5.85. The van der Waals surface area contributed by atoms with Crippen molar-refractivity contribution in [1.82, 2.24) is 0 Å². The summed E-state index contributed by atoms with van der Waals surface area (Å²) in [4.78, 5) is 0. The molecule has 3 nitrogen and oxygen atoms in total. The molecule has 128 valence electrons. The molecule has 3 aromatic rings. The molecule has 1 atom stereocenters. The molecule has 0 saturated heterocycles. The molecule has 0 spiro atoms. The zero-order chi connectivity index (χ0) is 17.6. The van der Waals surface area contributed by atoms with Crippen molar-refractivity contribution in [3.05, 3.63) is 89.5 Å². The third-order valence-corrected chi connectivity index (χ3v) is 4.27. The standard InChI is InChI=1S/C22H23NO2/c1-16-10-11-17(15-25-20-8-3-2-4-9-20)12-21(16)18-6-5-7-19(13-18)22(23)14-24/h2-13,22,24H,14-15,23H2,1H3. The van der Waals surface area contributed by atoms with Gasteiger partial charge in [-0.2, -0.15) is 0 Å². The Hall–Kier alpha value is -2.62. The second-order valence-electron chi connectivity index (χ2n) is 6.17. The Bertz CT molecular complexity index is 830. The lowest BCUT2D eigenvalue weighted by Crippen LogP contribution is -2.14. The molecule has 1 unspecified atom stereocenters.